The minimum absolute atomic E-state index is 0.00489. The van der Waals surface area contributed by atoms with Crippen molar-refractivity contribution in [2.24, 2.45) is 0 Å². The predicted molar refractivity (Wildman–Crippen MR) is 87.0 cm³/mol. The molecule has 1 aromatic carbocycles. The van der Waals surface area contributed by atoms with E-state index >= 15 is 0 Å². The number of hydrogen-bond acceptors (Lipinski definition) is 6. The van der Waals surface area contributed by atoms with Crippen LogP contribution in [0.1, 0.15) is 26.6 Å². The van der Waals surface area contributed by atoms with Crippen LogP contribution in [0.2, 0.25) is 0 Å². The van der Waals surface area contributed by atoms with E-state index < -0.39 is 21.5 Å². The van der Waals surface area contributed by atoms with E-state index in [1.807, 2.05) is 0 Å². The number of carbonyl (C=O) groups excluding carboxylic acids is 1. The summed E-state index contributed by atoms with van der Waals surface area (Å²) < 4.78 is 29.9. The molecular weight excluding hydrogens is 330 g/mol. The van der Waals surface area contributed by atoms with Crippen LogP contribution < -0.4 is 5.32 Å². The lowest BCUT2D eigenvalue weighted by Gasteiger charge is -2.19. The van der Waals surface area contributed by atoms with Crippen molar-refractivity contribution in [2.45, 2.75) is 42.7 Å². The molecule has 2 rings (SSSR count). The summed E-state index contributed by atoms with van der Waals surface area (Å²) in [4.78, 5) is 19.7. The number of amides is 1. The third-order valence-electron chi connectivity index (χ3n) is 2.84. The fraction of sp³-hybridized carbons (Fsp3) is 0.312. The summed E-state index contributed by atoms with van der Waals surface area (Å²) in [6.45, 7) is 5.31. The van der Waals surface area contributed by atoms with Gasteiger partial charge in [-0.3, -0.25) is 0 Å². The number of carbonyl (C=O) groups is 1. The standard InChI is InChI=1S/C16H19N3O4S/c1-16(2,3)23-15(20)19-11-14-17-9-13(10-18-14)24(21,22)12-7-5-4-6-8-12/h4-10H,11H2,1-3H3,(H,19,20). The maximum atomic E-state index is 12.4. The summed E-state index contributed by atoms with van der Waals surface area (Å²) >= 11 is 0. The molecule has 0 aliphatic carbocycles. The first-order chi connectivity index (χ1) is 11.2. The summed E-state index contributed by atoms with van der Waals surface area (Å²) in [6.07, 6.45) is 1.86. The van der Waals surface area contributed by atoms with Crippen molar-refractivity contribution < 1.29 is 17.9 Å². The van der Waals surface area contributed by atoms with Crippen molar-refractivity contribution in [3.05, 3.63) is 48.5 Å². The Morgan fingerprint density at radius 1 is 1.08 bits per heavy atom. The maximum Gasteiger partial charge on any atom is 0.408 e. The second-order valence-electron chi connectivity index (χ2n) is 6.01. The van der Waals surface area contributed by atoms with Crippen LogP contribution in [0.4, 0.5) is 4.79 Å². The van der Waals surface area contributed by atoms with Crippen LogP contribution in [-0.4, -0.2) is 30.1 Å². The quantitative estimate of drug-likeness (QED) is 0.910. The van der Waals surface area contributed by atoms with Crippen LogP contribution in [0.3, 0.4) is 0 Å². The van der Waals surface area contributed by atoms with Gasteiger partial charge in [-0.2, -0.15) is 0 Å². The Morgan fingerprint density at radius 2 is 1.67 bits per heavy atom. The van der Waals surface area contributed by atoms with E-state index in [9.17, 15) is 13.2 Å². The van der Waals surface area contributed by atoms with Crippen molar-refractivity contribution in [1.29, 1.82) is 0 Å². The van der Waals surface area contributed by atoms with Crippen LogP contribution in [0, 0.1) is 0 Å². The molecule has 2 aromatic rings. The molecule has 0 aliphatic rings. The summed E-state index contributed by atoms with van der Waals surface area (Å²) in [6, 6.07) is 8.04. The summed E-state index contributed by atoms with van der Waals surface area (Å²) in [5.41, 5.74) is -0.599. The van der Waals surface area contributed by atoms with Crippen LogP contribution in [0.15, 0.2) is 52.5 Å². The SMILES string of the molecule is CC(C)(C)OC(=O)NCc1ncc(S(=O)(=O)c2ccccc2)cn1. The molecule has 0 saturated heterocycles. The van der Waals surface area contributed by atoms with E-state index in [0.717, 1.165) is 0 Å². The van der Waals surface area contributed by atoms with Gasteiger partial charge < -0.3 is 10.1 Å². The second-order valence-corrected chi connectivity index (χ2v) is 7.96. The molecule has 8 heteroatoms. The van der Waals surface area contributed by atoms with Gasteiger partial charge in [0.25, 0.3) is 0 Å². The van der Waals surface area contributed by atoms with E-state index in [1.165, 1.54) is 24.5 Å². The molecule has 7 nitrogen and oxygen atoms in total. The Hall–Kier alpha value is -2.48. The Balaban J connectivity index is 2.05. The van der Waals surface area contributed by atoms with Crippen LogP contribution >= 0.6 is 0 Å². The van der Waals surface area contributed by atoms with Gasteiger partial charge in [-0.1, -0.05) is 18.2 Å². The minimum Gasteiger partial charge on any atom is -0.444 e. The van der Waals surface area contributed by atoms with Gasteiger partial charge >= 0.3 is 6.09 Å². The van der Waals surface area contributed by atoms with Gasteiger partial charge in [0.15, 0.2) is 0 Å². The zero-order chi connectivity index (χ0) is 17.8. The number of sulfone groups is 1. The molecule has 0 unspecified atom stereocenters. The second kappa shape index (κ2) is 6.96. The van der Waals surface area contributed by atoms with E-state index in [-0.39, 0.29) is 22.2 Å². The third kappa shape index (κ3) is 4.76. The van der Waals surface area contributed by atoms with Gasteiger partial charge in [0.05, 0.1) is 11.4 Å². The molecule has 1 heterocycles. The predicted octanol–water partition coefficient (Wildman–Crippen LogP) is 2.33. The molecule has 0 fully saturated rings. The molecule has 0 aliphatic heterocycles. The zero-order valence-electron chi connectivity index (χ0n) is 13.7. The molecule has 1 N–H and O–H groups in total. The van der Waals surface area contributed by atoms with Crippen molar-refractivity contribution in [3.63, 3.8) is 0 Å². The average molecular weight is 349 g/mol. The molecule has 0 atom stereocenters. The fourth-order valence-corrected chi connectivity index (χ4v) is 2.94. The normalized spacial score (nSPS) is 11.8. The van der Waals surface area contributed by atoms with Crippen molar-refractivity contribution in [1.82, 2.24) is 15.3 Å². The molecular formula is C16H19N3O4S. The molecule has 128 valence electrons. The first-order valence-electron chi connectivity index (χ1n) is 7.26. The van der Waals surface area contributed by atoms with Crippen LogP contribution in [-0.2, 0) is 21.1 Å². The Labute approximate surface area is 141 Å². The monoisotopic (exact) mass is 349 g/mol. The van der Waals surface area contributed by atoms with E-state index in [1.54, 1.807) is 39.0 Å². The highest BCUT2D eigenvalue weighted by Crippen LogP contribution is 2.18. The summed E-state index contributed by atoms with van der Waals surface area (Å²) in [5.74, 6) is 0.285. The van der Waals surface area contributed by atoms with Crippen molar-refractivity contribution in [2.75, 3.05) is 0 Å². The number of aromatic nitrogens is 2. The Bertz CT molecular complexity index is 797. The first kappa shape index (κ1) is 17.9. The number of nitrogens with one attached hydrogen (secondary N) is 1. The molecule has 1 aromatic heterocycles. The van der Waals surface area contributed by atoms with Crippen molar-refractivity contribution >= 4 is 15.9 Å². The van der Waals surface area contributed by atoms with Crippen molar-refractivity contribution in [3.8, 4) is 0 Å². The van der Waals surface area contributed by atoms with Gasteiger partial charge in [0.2, 0.25) is 9.84 Å². The lowest BCUT2D eigenvalue weighted by molar-refractivity contribution is 0.0522. The highest BCUT2D eigenvalue weighted by Gasteiger charge is 2.19. The number of alkyl carbamates (subject to hydrolysis) is 1. The minimum atomic E-state index is -3.65. The number of ether oxygens (including phenoxy) is 1. The highest BCUT2D eigenvalue weighted by atomic mass is 32.2. The number of hydrogen-bond donors (Lipinski definition) is 1. The maximum absolute atomic E-state index is 12.4. The number of rotatable bonds is 4. The molecule has 1 amide bonds. The zero-order valence-corrected chi connectivity index (χ0v) is 14.5. The van der Waals surface area contributed by atoms with Gasteiger partial charge in [-0.05, 0) is 32.9 Å². The van der Waals surface area contributed by atoms with E-state index in [4.69, 9.17) is 4.74 Å². The molecule has 0 saturated carbocycles. The van der Waals surface area contributed by atoms with Gasteiger partial charge in [-0.15, -0.1) is 0 Å². The summed E-state index contributed by atoms with van der Waals surface area (Å²) in [5, 5.41) is 2.51. The largest absolute Gasteiger partial charge is 0.444 e. The Morgan fingerprint density at radius 3 is 2.21 bits per heavy atom. The van der Waals surface area contributed by atoms with E-state index in [0.29, 0.717) is 0 Å². The molecule has 24 heavy (non-hydrogen) atoms. The Kier molecular flexibility index (Phi) is 5.18. The molecule has 0 radical (unpaired) electrons. The smallest absolute Gasteiger partial charge is 0.408 e. The third-order valence-corrected chi connectivity index (χ3v) is 4.56. The first-order valence-corrected chi connectivity index (χ1v) is 8.75. The van der Waals surface area contributed by atoms with Crippen LogP contribution in [0.25, 0.3) is 0 Å². The lowest BCUT2D eigenvalue weighted by Crippen LogP contribution is -2.32. The van der Waals surface area contributed by atoms with E-state index in [2.05, 4.69) is 15.3 Å². The number of nitrogens with zero attached hydrogens (tertiary/aromatic N) is 2. The highest BCUT2D eigenvalue weighted by molar-refractivity contribution is 7.91. The van der Waals surface area contributed by atoms with Crippen LogP contribution in [0.5, 0.6) is 0 Å². The average Bonchev–Trinajstić information content (AvgIpc) is 2.52. The number of benzene rings is 1. The molecule has 0 spiro atoms. The lowest BCUT2D eigenvalue weighted by atomic mass is 10.2. The van der Waals surface area contributed by atoms with Gasteiger partial charge in [0.1, 0.15) is 16.3 Å². The van der Waals surface area contributed by atoms with Gasteiger partial charge in [0, 0.05) is 12.4 Å². The fourth-order valence-electron chi connectivity index (χ4n) is 1.77. The van der Waals surface area contributed by atoms with Gasteiger partial charge in [-0.25, -0.2) is 23.2 Å². The topological polar surface area (TPSA) is 98.2 Å². The summed E-state index contributed by atoms with van der Waals surface area (Å²) in [7, 11) is -3.65. The molecule has 0 bridgehead atoms.